The fourth-order valence-electron chi connectivity index (χ4n) is 2.00. The van der Waals surface area contributed by atoms with Gasteiger partial charge in [-0.05, 0) is 25.9 Å². The molecule has 5 nitrogen and oxygen atoms in total. The Bertz CT molecular complexity index is 363. The monoisotopic (exact) mass is 284 g/mol. The third-order valence-corrected chi connectivity index (χ3v) is 4.70. The van der Waals surface area contributed by atoms with Crippen molar-refractivity contribution >= 4 is 11.8 Å². The number of nitrogens with one attached hydrogen (secondary N) is 1. The Kier molecular flexibility index (Phi) is 6.13. The summed E-state index contributed by atoms with van der Waals surface area (Å²) >= 11 is 1.88. The van der Waals surface area contributed by atoms with E-state index >= 15 is 0 Å². The first-order valence-electron chi connectivity index (χ1n) is 7.14. The highest BCUT2D eigenvalue weighted by atomic mass is 32.2. The lowest BCUT2D eigenvalue weighted by Gasteiger charge is -2.16. The van der Waals surface area contributed by atoms with Gasteiger partial charge in [0.25, 0.3) is 0 Å². The summed E-state index contributed by atoms with van der Waals surface area (Å²) in [6.07, 6.45) is 2.36. The van der Waals surface area contributed by atoms with Crippen LogP contribution in [0.4, 0.5) is 0 Å². The normalized spacial score (nSPS) is 19.3. The Morgan fingerprint density at radius 2 is 2.32 bits per heavy atom. The molecule has 0 aliphatic carbocycles. The molecule has 1 atom stereocenters. The Morgan fingerprint density at radius 3 is 3.16 bits per heavy atom. The summed E-state index contributed by atoms with van der Waals surface area (Å²) in [7, 11) is 0. The third-order valence-electron chi connectivity index (χ3n) is 3.37. The highest BCUT2D eigenvalue weighted by Crippen LogP contribution is 2.18. The first-order chi connectivity index (χ1) is 9.28. The summed E-state index contributed by atoms with van der Waals surface area (Å²) in [5.41, 5.74) is 0. The van der Waals surface area contributed by atoms with E-state index < -0.39 is 0 Å². The second-order valence-corrected chi connectivity index (χ2v) is 6.44. The SMILES string of the molecule is CCC(C)SCc1noc(CN2CCCNCC2)n1. The highest BCUT2D eigenvalue weighted by Gasteiger charge is 2.14. The molecule has 108 valence electrons. The molecular weight excluding hydrogens is 260 g/mol. The molecule has 1 N–H and O–H groups in total. The van der Waals surface area contributed by atoms with Crippen molar-refractivity contribution in [3.8, 4) is 0 Å². The molecule has 2 heterocycles. The smallest absolute Gasteiger partial charge is 0.240 e. The average Bonchev–Trinajstić information content (AvgIpc) is 2.70. The van der Waals surface area contributed by atoms with E-state index in [2.05, 4.69) is 34.2 Å². The molecule has 6 heteroatoms. The van der Waals surface area contributed by atoms with Crippen molar-refractivity contribution < 1.29 is 4.52 Å². The van der Waals surface area contributed by atoms with Crippen molar-refractivity contribution in [2.24, 2.45) is 0 Å². The maximum absolute atomic E-state index is 5.34. The quantitative estimate of drug-likeness (QED) is 0.861. The zero-order chi connectivity index (χ0) is 13.5. The van der Waals surface area contributed by atoms with E-state index in [1.54, 1.807) is 0 Å². The third kappa shape index (κ3) is 5.12. The zero-order valence-corrected chi connectivity index (χ0v) is 12.7. The molecule has 1 unspecified atom stereocenters. The van der Waals surface area contributed by atoms with Gasteiger partial charge in [0.2, 0.25) is 5.89 Å². The average molecular weight is 284 g/mol. The van der Waals surface area contributed by atoms with Crippen LogP contribution in [0.1, 0.15) is 38.4 Å². The summed E-state index contributed by atoms with van der Waals surface area (Å²) in [4.78, 5) is 6.85. The van der Waals surface area contributed by atoms with Gasteiger partial charge in [-0.3, -0.25) is 4.90 Å². The van der Waals surface area contributed by atoms with E-state index in [9.17, 15) is 0 Å². The van der Waals surface area contributed by atoms with Gasteiger partial charge in [0.1, 0.15) is 0 Å². The van der Waals surface area contributed by atoms with Crippen LogP contribution >= 0.6 is 11.8 Å². The predicted octanol–water partition coefficient (Wildman–Crippen LogP) is 1.90. The first-order valence-corrected chi connectivity index (χ1v) is 8.19. The van der Waals surface area contributed by atoms with Crippen LogP contribution in [0.2, 0.25) is 0 Å². The molecule has 0 spiro atoms. The molecule has 1 aliphatic rings. The highest BCUT2D eigenvalue weighted by molar-refractivity contribution is 7.99. The van der Waals surface area contributed by atoms with Gasteiger partial charge in [-0.25, -0.2) is 0 Å². The van der Waals surface area contributed by atoms with E-state index in [0.717, 1.165) is 50.2 Å². The van der Waals surface area contributed by atoms with E-state index in [1.807, 2.05) is 11.8 Å². The minimum absolute atomic E-state index is 0.652. The number of hydrogen-bond donors (Lipinski definition) is 1. The van der Waals surface area contributed by atoms with Crippen molar-refractivity contribution in [3.05, 3.63) is 11.7 Å². The molecule has 0 radical (unpaired) electrons. The van der Waals surface area contributed by atoms with Crippen molar-refractivity contribution in [3.63, 3.8) is 0 Å². The van der Waals surface area contributed by atoms with Crippen molar-refractivity contribution in [1.82, 2.24) is 20.4 Å². The van der Waals surface area contributed by atoms with E-state index in [1.165, 1.54) is 12.8 Å². The van der Waals surface area contributed by atoms with Gasteiger partial charge >= 0.3 is 0 Å². The molecule has 1 saturated heterocycles. The predicted molar refractivity (Wildman–Crippen MR) is 78.1 cm³/mol. The number of thioether (sulfide) groups is 1. The van der Waals surface area contributed by atoms with Crippen LogP contribution in [0.5, 0.6) is 0 Å². The standard InChI is InChI=1S/C13H24N4OS/c1-3-11(2)19-10-12-15-13(18-16-12)9-17-7-4-5-14-6-8-17/h11,14H,3-10H2,1-2H3. The maximum atomic E-state index is 5.34. The molecule has 2 rings (SSSR count). The summed E-state index contributed by atoms with van der Waals surface area (Å²) < 4.78 is 5.34. The topological polar surface area (TPSA) is 54.2 Å². The van der Waals surface area contributed by atoms with Crippen molar-refractivity contribution in [1.29, 1.82) is 0 Å². The molecule has 0 bridgehead atoms. The van der Waals surface area contributed by atoms with Crippen LogP contribution in [-0.2, 0) is 12.3 Å². The van der Waals surface area contributed by atoms with E-state index in [-0.39, 0.29) is 0 Å². The van der Waals surface area contributed by atoms with Gasteiger partial charge in [0.15, 0.2) is 5.82 Å². The second-order valence-electron chi connectivity index (χ2n) is 5.01. The van der Waals surface area contributed by atoms with Gasteiger partial charge < -0.3 is 9.84 Å². The maximum Gasteiger partial charge on any atom is 0.240 e. The number of rotatable bonds is 6. The van der Waals surface area contributed by atoms with E-state index in [4.69, 9.17) is 4.52 Å². The minimum Gasteiger partial charge on any atom is -0.338 e. The van der Waals surface area contributed by atoms with Crippen LogP contribution in [0, 0.1) is 0 Å². The minimum atomic E-state index is 0.652. The lowest BCUT2D eigenvalue weighted by atomic mass is 10.4. The first kappa shape index (κ1) is 14.8. The van der Waals surface area contributed by atoms with Gasteiger partial charge in [0, 0.05) is 18.3 Å². The van der Waals surface area contributed by atoms with E-state index in [0.29, 0.717) is 5.25 Å². The largest absolute Gasteiger partial charge is 0.338 e. The molecule has 0 aromatic carbocycles. The van der Waals surface area contributed by atoms with Gasteiger partial charge in [-0.2, -0.15) is 16.7 Å². The molecule has 1 aromatic rings. The number of nitrogens with zero attached hydrogens (tertiary/aromatic N) is 3. The molecule has 1 aliphatic heterocycles. The molecular formula is C13H24N4OS. The lowest BCUT2D eigenvalue weighted by Crippen LogP contribution is -2.27. The summed E-state index contributed by atoms with van der Waals surface area (Å²) in [5, 5.41) is 8.11. The molecule has 1 aromatic heterocycles. The lowest BCUT2D eigenvalue weighted by molar-refractivity contribution is 0.238. The van der Waals surface area contributed by atoms with Crippen LogP contribution < -0.4 is 5.32 Å². The van der Waals surface area contributed by atoms with Crippen molar-refractivity contribution in [2.75, 3.05) is 26.2 Å². The Morgan fingerprint density at radius 1 is 1.42 bits per heavy atom. The Balaban J connectivity index is 1.79. The zero-order valence-electron chi connectivity index (χ0n) is 11.9. The van der Waals surface area contributed by atoms with Crippen LogP contribution in [-0.4, -0.2) is 46.5 Å². The van der Waals surface area contributed by atoms with Gasteiger partial charge in [-0.1, -0.05) is 19.0 Å². The summed E-state index contributed by atoms with van der Waals surface area (Å²) in [6.45, 7) is 9.53. The van der Waals surface area contributed by atoms with Crippen LogP contribution in [0.3, 0.4) is 0 Å². The second kappa shape index (κ2) is 7.87. The Labute approximate surface area is 119 Å². The number of hydrogen-bond acceptors (Lipinski definition) is 6. The fourth-order valence-corrected chi connectivity index (χ4v) is 2.79. The molecule has 0 saturated carbocycles. The van der Waals surface area contributed by atoms with Crippen molar-refractivity contribution in [2.45, 2.75) is 44.2 Å². The molecule has 0 amide bonds. The molecule has 19 heavy (non-hydrogen) atoms. The summed E-state index contributed by atoms with van der Waals surface area (Å²) in [6, 6.07) is 0. The Hall–Kier alpha value is -0.590. The van der Waals surface area contributed by atoms with Crippen LogP contribution in [0.25, 0.3) is 0 Å². The fraction of sp³-hybridized carbons (Fsp3) is 0.846. The van der Waals surface area contributed by atoms with Gasteiger partial charge in [-0.15, -0.1) is 0 Å². The van der Waals surface area contributed by atoms with Crippen LogP contribution in [0.15, 0.2) is 4.52 Å². The molecule has 1 fully saturated rings. The van der Waals surface area contributed by atoms with Gasteiger partial charge in [0.05, 0.1) is 12.3 Å². The number of aromatic nitrogens is 2. The summed E-state index contributed by atoms with van der Waals surface area (Å²) in [5.74, 6) is 2.43.